The molecule has 0 aromatic heterocycles. The third-order valence-electron chi connectivity index (χ3n) is 3.36. The van der Waals surface area contributed by atoms with Crippen molar-refractivity contribution in [2.75, 3.05) is 17.8 Å². The third kappa shape index (κ3) is 4.76. The minimum atomic E-state index is -5.03. The molecule has 2 aromatic carbocycles. The van der Waals surface area contributed by atoms with Gasteiger partial charge < -0.3 is 20.8 Å². The van der Waals surface area contributed by atoms with Crippen molar-refractivity contribution in [3.63, 3.8) is 0 Å². The Hall–Kier alpha value is -3.01. The Morgan fingerprint density at radius 1 is 1.27 bits per heavy atom. The summed E-state index contributed by atoms with van der Waals surface area (Å²) in [6.07, 6.45) is -5.03. The lowest BCUT2D eigenvalue weighted by Crippen LogP contribution is -2.29. The fraction of sp³-hybridized carbons (Fsp3) is 0.188. The second-order valence-electron chi connectivity index (χ2n) is 5.34. The molecule has 0 aliphatic heterocycles. The summed E-state index contributed by atoms with van der Waals surface area (Å²) in [6.45, 7) is 0.0309. The molecule has 1 amide bonds. The van der Waals surface area contributed by atoms with Crippen LogP contribution in [0.4, 0.5) is 28.9 Å². The maximum absolute atomic E-state index is 13.7. The van der Waals surface area contributed by atoms with Gasteiger partial charge >= 0.3 is 6.36 Å². The van der Waals surface area contributed by atoms with Crippen LogP contribution in [0.25, 0.3) is 0 Å². The smallest absolute Gasteiger partial charge is 0.403 e. The van der Waals surface area contributed by atoms with Crippen LogP contribution in [0.2, 0.25) is 0 Å². The lowest BCUT2D eigenvalue weighted by Gasteiger charge is -2.19. The number of nitrogens with one attached hydrogen (secondary N) is 1. The molecule has 0 saturated carbocycles. The fourth-order valence-corrected chi connectivity index (χ4v) is 2.31. The molecule has 0 aliphatic rings. The van der Waals surface area contributed by atoms with Gasteiger partial charge in [0.2, 0.25) is 0 Å². The van der Waals surface area contributed by atoms with Gasteiger partial charge in [-0.1, -0.05) is 12.1 Å². The topological polar surface area (TPSA) is 93.6 Å². The molecule has 2 rings (SSSR count). The van der Waals surface area contributed by atoms with Gasteiger partial charge in [0.25, 0.3) is 5.91 Å². The predicted molar refractivity (Wildman–Crippen MR) is 87.7 cm³/mol. The minimum absolute atomic E-state index is 0.0309. The predicted octanol–water partition coefficient (Wildman–Crippen LogP) is 2.55. The summed E-state index contributed by atoms with van der Waals surface area (Å²) in [5.74, 6) is 2.70. The zero-order valence-electron chi connectivity index (χ0n) is 13.6. The number of hydrogen-bond donors (Lipinski definition) is 3. The number of nitrogens with zero attached hydrogens (tertiary/aromatic N) is 1. The highest BCUT2D eigenvalue weighted by atomic mass is 19.4. The van der Waals surface area contributed by atoms with Crippen molar-refractivity contribution in [2.45, 2.75) is 12.9 Å². The summed E-state index contributed by atoms with van der Waals surface area (Å²) < 4.78 is 53.6. The number of ether oxygens (including phenoxy) is 1. The first-order valence-corrected chi connectivity index (χ1v) is 7.28. The Bertz CT molecular complexity index is 809. The van der Waals surface area contributed by atoms with E-state index in [0.29, 0.717) is 23.0 Å². The van der Waals surface area contributed by atoms with Crippen LogP contribution in [-0.2, 0) is 6.54 Å². The van der Waals surface area contributed by atoms with Crippen molar-refractivity contribution >= 4 is 17.3 Å². The molecule has 0 spiro atoms. The van der Waals surface area contributed by atoms with Gasteiger partial charge in [0, 0.05) is 19.2 Å². The van der Waals surface area contributed by atoms with Crippen LogP contribution in [0.15, 0.2) is 36.4 Å². The summed E-state index contributed by atoms with van der Waals surface area (Å²) in [5.41, 5.74) is 7.20. The Kier molecular flexibility index (Phi) is 5.56. The number of hydrogen-bond acceptors (Lipinski definition) is 5. The lowest BCUT2D eigenvalue weighted by atomic mass is 10.1. The van der Waals surface area contributed by atoms with E-state index in [4.69, 9.17) is 11.6 Å². The highest BCUT2D eigenvalue weighted by Gasteiger charge is 2.32. The number of halogens is 4. The second kappa shape index (κ2) is 7.48. The Labute approximate surface area is 146 Å². The lowest BCUT2D eigenvalue weighted by molar-refractivity contribution is -0.275. The van der Waals surface area contributed by atoms with Gasteiger partial charge in [0.1, 0.15) is 0 Å². The van der Waals surface area contributed by atoms with Crippen molar-refractivity contribution in [2.24, 2.45) is 5.84 Å². The molecular weight excluding hydrogens is 356 g/mol. The van der Waals surface area contributed by atoms with E-state index in [2.05, 4.69) is 10.1 Å². The maximum atomic E-state index is 13.7. The fourth-order valence-electron chi connectivity index (χ4n) is 2.31. The number of amides is 1. The summed E-state index contributed by atoms with van der Waals surface area (Å²) in [7, 11) is 1.58. The summed E-state index contributed by atoms with van der Waals surface area (Å²) in [4.78, 5) is 12.1. The molecule has 140 valence electrons. The van der Waals surface area contributed by atoms with Crippen LogP contribution in [0, 0.1) is 5.82 Å². The van der Waals surface area contributed by atoms with Crippen molar-refractivity contribution in [3.8, 4) is 5.75 Å². The van der Waals surface area contributed by atoms with E-state index in [0.717, 1.165) is 12.1 Å². The summed E-state index contributed by atoms with van der Waals surface area (Å²) in [6, 6.07) is 7.42. The molecule has 0 unspecified atom stereocenters. The van der Waals surface area contributed by atoms with Crippen LogP contribution in [0.3, 0.4) is 0 Å². The zero-order chi connectivity index (χ0) is 19.5. The van der Waals surface area contributed by atoms with Crippen molar-refractivity contribution < 1.29 is 27.1 Å². The largest absolute Gasteiger partial charge is 0.573 e. The van der Waals surface area contributed by atoms with Crippen LogP contribution >= 0.6 is 0 Å². The number of alkyl halides is 3. The molecule has 0 radical (unpaired) electrons. The van der Waals surface area contributed by atoms with E-state index in [1.807, 2.05) is 0 Å². The Balaban J connectivity index is 2.12. The number of para-hydroxylation sites is 1. The molecular formula is C16H16F4N4O2. The molecule has 6 nitrogen and oxygen atoms in total. The SMILES string of the molecule is CN(N)c1c(N)cccc1CNC(=O)c1ccc(OC(F)(F)F)c(F)c1. The summed E-state index contributed by atoms with van der Waals surface area (Å²) in [5, 5.41) is 3.82. The second-order valence-corrected chi connectivity index (χ2v) is 5.34. The number of rotatable bonds is 5. The first-order valence-electron chi connectivity index (χ1n) is 7.28. The van der Waals surface area contributed by atoms with E-state index < -0.39 is 23.8 Å². The number of benzene rings is 2. The quantitative estimate of drug-likeness (QED) is 0.325. The van der Waals surface area contributed by atoms with E-state index in [1.54, 1.807) is 25.2 Å². The Morgan fingerprint density at radius 2 is 1.96 bits per heavy atom. The third-order valence-corrected chi connectivity index (χ3v) is 3.36. The average Bonchev–Trinajstić information content (AvgIpc) is 2.52. The molecule has 0 aliphatic carbocycles. The number of hydrazine groups is 1. The molecule has 0 heterocycles. The molecule has 0 bridgehead atoms. The number of nitrogens with two attached hydrogens (primary N) is 2. The van der Waals surface area contributed by atoms with E-state index >= 15 is 0 Å². The highest BCUT2D eigenvalue weighted by Crippen LogP contribution is 2.27. The number of carbonyl (C=O) groups excluding carboxylic acids is 1. The number of anilines is 2. The molecule has 0 fully saturated rings. The molecule has 5 N–H and O–H groups in total. The van der Waals surface area contributed by atoms with Crippen LogP contribution in [-0.4, -0.2) is 19.3 Å². The van der Waals surface area contributed by atoms with Crippen LogP contribution in [0.1, 0.15) is 15.9 Å². The minimum Gasteiger partial charge on any atom is -0.403 e. The number of carbonyl (C=O) groups is 1. The van der Waals surface area contributed by atoms with Gasteiger partial charge in [-0.3, -0.25) is 4.79 Å². The highest BCUT2D eigenvalue weighted by molar-refractivity contribution is 5.94. The maximum Gasteiger partial charge on any atom is 0.573 e. The zero-order valence-corrected chi connectivity index (χ0v) is 13.6. The van der Waals surface area contributed by atoms with Gasteiger partial charge in [-0.05, 0) is 29.8 Å². The van der Waals surface area contributed by atoms with Gasteiger partial charge in [-0.15, -0.1) is 13.2 Å². The summed E-state index contributed by atoms with van der Waals surface area (Å²) >= 11 is 0. The van der Waals surface area contributed by atoms with Crippen LogP contribution in [0.5, 0.6) is 5.75 Å². The monoisotopic (exact) mass is 372 g/mol. The molecule has 0 saturated heterocycles. The average molecular weight is 372 g/mol. The van der Waals surface area contributed by atoms with E-state index in [1.165, 1.54) is 5.01 Å². The molecule has 26 heavy (non-hydrogen) atoms. The van der Waals surface area contributed by atoms with E-state index in [-0.39, 0.29) is 12.1 Å². The van der Waals surface area contributed by atoms with Crippen molar-refractivity contribution in [1.82, 2.24) is 5.32 Å². The molecule has 2 aromatic rings. The molecule has 10 heteroatoms. The standard InChI is InChI=1S/C16H16F4N4O2/c1-24(22)14-10(3-2-4-12(14)21)8-23-15(25)9-5-6-13(11(17)7-9)26-16(18,19)20/h2-7H,8,21-22H2,1H3,(H,23,25). The Morgan fingerprint density at radius 3 is 2.54 bits per heavy atom. The molecule has 0 atom stereocenters. The number of nitrogen functional groups attached to an aromatic ring is 1. The van der Waals surface area contributed by atoms with Gasteiger partial charge in [0.15, 0.2) is 11.6 Å². The van der Waals surface area contributed by atoms with Gasteiger partial charge in [-0.2, -0.15) is 0 Å². The van der Waals surface area contributed by atoms with Crippen molar-refractivity contribution in [1.29, 1.82) is 0 Å². The van der Waals surface area contributed by atoms with Gasteiger partial charge in [-0.25, -0.2) is 10.2 Å². The normalized spacial score (nSPS) is 11.2. The first kappa shape index (κ1) is 19.3. The van der Waals surface area contributed by atoms with Crippen molar-refractivity contribution in [3.05, 3.63) is 53.3 Å². The van der Waals surface area contributed by atoms with Crippen LogP contribution < -0.4 is 26.6 Å². The van der Waals surface area contributed by atoms with Gasteiger partial charge in [0.05, 0.1) is 11.4 Å². The first-order chi connectivity index (χ1) is 12.1. The van der Waals surface area contributed by atoms with E-state index in [9.17, 15) is 22.4 Å².